The molecule has 186 valence electrons. The minimum atomic E-state index is -3.34. The summed E-state index contributed by atoms with van der Waals surface area (Å²) in [7, 11) is -3.34. The highest BCUT2D eigenvalue weighted by Crippen LogP contribution is 2.58. The second kappa shape index (κ2) is 8.33. The van der Waals surface area contributed by atoms with Crippen LogP contribution in [0.2, 0.25) is 0 Å². The van der Waals surface area contributed by atoms with E-state index in [1.165, 1.54) is 16.7 Å². The average Bonchev–Trinajstić information content (AvgIpc) is 3.76. The van der Waals surface area contributed by atoms with Gasteiger partial charge in [-0.2, -0.15) is 0 Å². The van der Waals surface area contributed by atoms with Crippen molar-refractivity contribution in [2.75, 3.05) is 13.1 Å². The molecule has 0 unspecified atom stereocenters. The third kappa shape index (κ3) is 3.90. The van der Waals surface area contributed by atoms with E-state index in [1.54, 1.807) is 4.90 Å². The summed E-state index contributed by atoms with van der Waals surface area (Å²) in [5.41, 5.74) is 1.72. The molecule has 0 spiro atoms. The third-order valence-electron chi connectivity index (χ3n) is 7.97. The molecule has 0 saturated heterocycles. The van der Waals surface area contributed by atoms with Crippen molar-refractivity contribution in [1.82, 2.24) is 14.8 Å². The molecular weight excluding hydrogens is 466 g/mol. The molecule has 8 nitrogen and oxygen atoms in total. The zero-order valence-corrected chi connectivity index (χ0v) is 21.0. The highest BCUT2D eigenvalue weighted by Gasteiger charge is 2.66. The maximum Gasteiger partial charge on any atom is 0.270 e. The van der Waals surface area contributed by atoms with Crippen LogP contribution >= 0.6 is 0 Å². The van der Waals surface area contributed by atoms with Crippen LogP contribution in [0.4, 0.5) is 0 Å². The highest BCUT2D eigenvalue weighted by atomic mass is 32.2. The van der Waals surface area contributed by atoms with Crippen molar-refractivity contribution in [2.24, 2.45) is 0 Å². The lowest BCUT2D eigenvalue weighted by Gasteiger charge is -2.34. The van der Waals surface area contributed by atoms with Crippen molar-refractivity contribution in [2.45, 2.75) is 68.5 Å². The van der Waals surface area contributed by atoms with E-state index in [0.717, 1.165) is 11.1 Å². The van der Waals surface area contributed by atoms with Crippen molar-refractivity contribution in [3.05, 3.63) is 69.1 Å². The lowest BCUT2D eigenvalue weighted by molar-refractivity contribution is 0.0694. The number of carbonyl (C=O) groups excluding carboxylic acids is 2. The summed E-state index contributed by atoms with van der Waals surface area (Å²) in [6.07, 6.45) is 3.17. The van der Waals surface area contributed by atoms with Gasteiger partial charge in [-0.15, -0.1) is 0 Å². The first-order chi connectivity index (χ1) is 16.6. The number of nitrogens with zero attached hydrogens (tertiary/aromatic N) is 2. The lowest BCUT2D eigenvalue weighted by atomic mass is 10.1. The topological polar surface area (TPSA) is 106 Å². The lowest BCUT2D eigenvalue weighted by Crippen LogP contribution is -2.51. The summed E-state index contributed by atoms with van der Waals surface area (Å²) in [5.74, 6) is -0.846. The number of carbonyl (C=O) groups is 2. The van der Waals surface area contributed by atoms with E-state index in [-0.39, 0.29) is 36.8 Å². The van der Waals surface area contributed by atoms with Gasteiger partial charge in [-0.3, -0.25) is 14.4 Å². The van der Waals surface area contributed by atoms with Gasteiger partial charge in [-0.05, 0) is 56.7 Å². The van der Waals surface area contributed by atoms with Crippen LogP contribution in [0.1, 0.15) is 71.0 Å². The SMILES string of the molecule is CCC1(S(=O)(=O)C2(CN3CCn4c(ccc(C(=O)NCc5ccc(C)cc5)c4=O)C3=O)CC2)CC1. The molecule has 5 rings (SSSR count). The Morgan fingerprint density at radius 2 is 1.63 bits per heavy atom. The van der Waals surface area contributed by atoms with Gasteiger partial charge in [0.05, 0.1) is 9.49 Å². The molecule has 1 aromatic heterocycles. The quantitative estimate of drug-likeness (QED) is 0.603. The Hall–Kier alpha value is -2.94. The molecule has 0 radical (unpaired) electrons. The number of sulfone groups is 1. The molecule has 1 N–H and O–H groups in total. The molecule has 9 heteroatoms. The molecule has 0 bridgehead atoms. The average molecular weight is 498 g/mol. The van der Waals surface area contributed by atoms with Crippen LogP contribution < -0.4 is 10.9 Å². The van der Waals surface area contributed by atoms with Crippen LogP contribution in [0, 0.1) is 6.92 Å². The van der Waals surface area contributed by atoms with Gasteiger partial charge < -0.3 is 14.8 Å². The maximum absolute atomic E-state index is 13.4. The molecule has 2 fully saturated rings. The molecule has 2 aliphatic carbocycles. The largest absolute Gasteiger partial charge is 0.348 e. The summed E-state index contributed by atoms with van der Waals surface area (Å²) < 4.78 is 26.6. The normalized spacial score (nSPS) is 19.7. The molecule has 3 aliphatic rings. The van der Waals surface area contributed by atoms with Gasteiger partial charge in [0.25, 0.3) is 17.4 Å². The smallest absolute Gasteiger partial charge is 0.270 e. The highest BCUT2D eigenvalue weighted by molar-refractivity contribution is 7.94. The fourth-order valence-corrected chi connectivity index (χ4v) is 8.09. The van der Waals surface area contributed by atoms with Gasteiger partial charge in [0, 0.05) is 26.2 Å². The molecule has 2 saturated carbocycles. The number of rotatable bonds is 8. The van der Waals surface area contributed by atoms with E-state index in [4.69, 9.17) is 0 Å². The number of hydrogen-bond acceptors (Lipinski definition) is 5. The molecule has 2 aromatic rings. The number of aryl methyl sites for hydroxylation is 1. The Morgan fingerprint density at radius 1 is 0.971 bits per heavy atom. The zero-order valence-electron chi connectivity index (χ0n) is 20.2. The van der Waals surface area contributed by atoms with Gasteiger partial charge >= 0.3 is 0 Å². The van der Waals surface area contributed by atoms with E-state index in [9.17, 15) is 22.8 Å². The van der Waals surface area contributed by atoms with Crippen LogP contribution in [0.15, 0.2) is 41.2 Å². The van der Waals surface area contributed by atoms with Gasteiger partial charge in [0.1, 0.15) is 11.3 Å². The number of amides is 2. The molecular formula is C26H31N3O5S. The Balaban J connectivity index is 1.31. The van der Waals surface area contributed by atoms with Crippen LogP contribution in [0.3, 0.4) is 0 Å². The minimum Gasteiger partial charge on any atom is -0.348 e. The van der Waals surface area contributed by atoms with Crippen LogP contribution in [-0.2, 0) is 22.9 Å². The number of pyridine rings is 1. The summed E-state index contributed by atoms with van der Waals surface area (Å²) in [6, 6.07) is 10.6. The summed E-state index contributed by atoms with van der Waals surface area (Å²) >= 11 is 0. The van der Waals surface area contributed by atoms with Crippen molar-refractivity contribution in [1.29, 1.82) is 0 Å². The van der Waals surface area contributed by atoms with E-state index in [2.05, 4.69) is 5.32 Å². The number of benzene rings is 1. The molecule has 35 heavy (non-hydrogen) atoms. The van der Waals surface area contributed by atoms with E-state index in [0.29, 0.717) is 38.6 Å². The number of hydrogen-bond donors (Lipinski definition) is 1. The third-order valence-corrected chi connectivity index (χ3v) is 11.5. The van der Waals surface area contributed by atoms with Gasteiger partial charge in [0.15, 0.2) is 9.84 Å². The maximum atomic E-state index is 13.4. The Kier molecular flexibility index (Phi) is 5.66. The molecule has 2 heterocycles. The minimum absolute atomic E-state index is 0.0121. The van der Waals surface area contributed by atoms with Crippen molar-refractivity contribution < 1.29 is 18.0 Å². The van der Waals surface area contributed by atoms with E-state index < -0.39 is 30.8 Å². The predicted molar refractivity (Wildman–Crippen MR) is 132 cm³/mol. The Morgan fingerprint density at radius 3 is 2.23 bits per heavy atom. The predicted octanol–water partition coefficient (Wildman–Crippen LogP) is 2.43. The summed E-state index contributed by atoms with van der Waals surface area (Å²) in [6.45, 7) is 4.84. The van der Waals surface area contributed by atoms with Crippen molar-refractivity contribution >= 4 is 21.7 Å². The van der Waals surface area contributed by atoms with Crippen LogP contribution in [0.5, 0.6) is 0 Å². The fourth-order valence-electron chi connectivity index (χ4n) is 5.19. The monoisotopic (exact) mass is 497 g/mol. The second-order valence-corrected chi connectivity index (χ2v) is 12.9. The van der Waals surface area contributed by atoms with Crippen LogP contribution in [-0.4, -0.2) is 52.3 Å². The van der Waals surface area contributed by atoms with E-state index >= 15 is 0 Å². The first kappa shape index (κ1) is 23.8. The number of nitrogens with one attached hydrogen (secondary N) is 1. The molecule has 2 amide bonds. The van der Waals surface area contributed by atoms with Gasteiger partial charge in [0.2, 0.25) is 0 Å². The first-order valence-electron chi connectivity index (χ1n) is 12.2. The Bertz CT molecular complexity index is 1350. The zero-order chi connectivity index (χ0) is 25.0. The molecule has 0 atom stereocenters. The summed E-state index contributed by atoms with van der Waals surface area (Å²) in [5, 5.41) is 2.77. The Labute approximate surface area is 205 Å². The molecule has 1 aliphatic heterocycles. The molecule has 1 aromatic carbocycles. The van der Waals surface area contributed by atoms with Gasteiger partial charge in [-0.25, -0.2) is 8.42 Å². The fraction of sp³-hybridized carbons (Fsp3) is 0.500. The van der Waals surface area contributed by atoms with E-state index in [1.807, 2.05) is 38.1 Å². The summed E-state index contributed by atoms with van der Waals surface area (Å²) in [4.78, 5) is 40.5. The van der Waals surface area contributed by atoms with Gasteiger partial charge in [-0.1, -0.05) is 36.8 Å². The van der Waals surface area contributed by atoms with Crippen molar-refractivity contribution in [3.63, 3.8) is 0 Å². The van der Waals surface area contributed by atoms with Crippen LogP contribution in [0.25, 0.3) is 0 Å². The standard InChI is InChI=1S/C26H31N3O5S/c1-3-25(10-11-25)35(33,34)26(12-13-26)17-28-14-15-29-21(24(28)32)9-8-20(23(29)31)22(30)27-16-19-6-4-18(2)5-7-19/h4-9H,3,10-17H2,1-2H3,(H,27,30). The number of fused-ring (bicyclic) bond motifs is 1. The van der Waals surface area contributed by atoms with Crippen molar-refractivity contribution in [3.8, 4) is 0 Å². The first-order valence-corrected chi connectivity index (χ1v) is 13.7. The second-order valence-electron chi connectivity index (χ2n) is 10.2. The number of aromatic nitrogens is 1.